The molecule has 0 unspecified atom stereocenters. The standard InChI is InChI=1S/C15H20N2/c1-11(2)15-16-7-8-17(15)10-14-6-5-12(3)13(4)9-14/h5-9,11H,10H2,1-4H3. The average Bonchev–Trinajstić information content (AvgIpc) is 2.72. The molecule has 0 aliphatic heterocycles. The van der Waals surface area contributed by atoms with Gasteiger partial charge in [-0.05, 0) is 30.5 Å². The van der Waals surface area contributed by atoms with E-state index in [9.17, 15) is 0 Å². The van der Waals surface area contributed by atoms with Crippen molar-refractivity contribution in [1.29, 1.82) is 0 Å². The fourth-order valence-electron chi connectivity index (χ4n) is 2.05. The third kappa shape index (κ3) is 2.57. The molecule has 0 spiro atoms. The van der Waals surface area contributed by atoms with Crippen LogP contribution in [0.15, 0.2) is 30.6 Å². The predicted octanol–water partition coefficient (Wildman–Crippen LogP) is 3.67. The maximum absolute atomic E-state index is 4.41. The molecule has 1 heterocycles. The second kappa shape index (κ2) is 4.74. The first-order valence-electron chi connectivity index (χ1n) is 6.15. The summed E-state index contributed by atoms with van der Waals surface area (Å²) in [6.45, 7) is 9.58. The van der Waals surface area contributed by atoms with Crippen molar-refractivity contribution in [2.75, 3.05) is 0 Å². The maximum atomic E-state index is 4.41. The largest absolute Gasteiger partial charge is 0.330 e. The molecule has 0 fully saturated rings. The highest BCUT2D eigenvalue weighted by Crippen LogP contribution is 2.15. The number of hydrogen-bond donors (Lipinski definition) is 0. The molecule has 17 heavy (non-hydrogen) atoms. The molecule has 0 radical (unpaired) electrons. The van der Waals surface area contributed by atoms with Crippen LogP contribution in [0, 0.1) is 13.8 Å². The van der Waals surface area contributed by atoms with Gasteiger partial charge < -0.3 is 4.57 Å². The molecule has 0 bridgehead atoms. The summed E-state index contributed by atoms with van der Waals surface area (Å²) in [6, 6.07) is 6.66. The zero-order chi connectivity index (χ0) is 12.4. The number of rotatable bonds is 3. The van der Waals surface area contributed by atoms with Crippen LogP contribution in [0.4, 0.5) is 0 Å². The van der Waals surface area contributed by atoms with Gasteiger partial charge in [-0.3, -0.25) is 0 Å². The highest BCUT2D eigenvalue weighted by Gasteiger charge is 2.07. The minimum absolute atomic E-state index is 0.469. The van der Waals surface area contributed by atoms with Gasteiger partial charge in [0, 0.05) is 24.9 Å². The molecule has 0 saturated heterocycles. The van der Waals surface area contributed by atoms with Crippen LogP contribution in [0.5, 0.6) is 0 Å². The van der Waals surface area contributed by atoms with Crippen LogP contribution in [-0.2, 0) is 6.54 Å². The van der Waals surface area contributed by atoms with Crippen molar-refractivity contribution >= 4 is 0 Å². The number of hydrogen-bond acceptors (Lipinski definition) is 1. The van der Waals surface area contributed by atoms with E-state index in [1.165, 1.54) is 16.7 Å². The van der Waals surface area contributed by atoms with Gasteiger partial charge in [0.2, 0.25) is 0 Å². The summed E-state index contributed by atoms with van der Waals surface area (Å²) in [7, 11) is 0. The second-order valence-electron chi connectivity index (χ2n) is 4.99. The number of aromatic nitrogens is 2. The van der Waals surface area contributed by atoms with Crippen LogP contribution in [0.2, 0.25) is 0 Å². The van der Waals surface area contributed by atoms with Crippen LogP contribution < -0.4 is 0 Å². The van der Waals surface area contributed by atoms with Crippen LogP contribution in [0.3, 0.4) is 0 Å². The van der Waals surface area contributed by atoms with Gasteiger partial charge >= 0.3 is 0 Å². The van der Waals surface area contributed by atoms with E-state index in [4.69, 9.17) is 0 Å². The van der Waals surface area contributed by atoms with Crippen molar-refractivity contribution in [2.45, 2.75) is 40.2 Å². The zero-order valence-corrected chi connectivity index (χ0v) is 11.1. The number of nitrogens with zero attached hydrogens (tertiary/aromatic N) is 2. The Bertz CT molecular complexity index is 509. The monoisotopic (exact) mass is 228 g/mol. The minimum Gasteiger partial charge on any atom is -0.330 e. The second-order valence-corrected chi connectivity index (χ2v) is 4.99. The summed E-state index contributed by atoms with van der Waals surface area (Å²) in [4.78, 5) is 4.41. The molecule has 2 rings (SSSR count). The fourth-order valence-corrected chi connectivity index (χ4v) is 2.05. The molecule has 0 aliphatic carbocycles. The lowest BCUT2D eigenvalue weighted by molar-refractivity contribution is 0.669. The molecule has 2 aromatic rings. The highest BCUT2D eigenvalue weighted by atomic mass is 15.1. The minimum atomic E-state index is 0.469. The molecule has 90 valence electrons. The van der Waals surface area contributed by atoms with E-state index < -0.39 is 0 Å². The van der Waals surface area contributed by atoms with Crippen molar-refractivity contribution in [1.82, 2.24) is 9.55 Å². The Hall–Kier alpha value is -1.57. The lowest BCUT2D eigenvalue weighted by Gasteiger charge is -2.11. The van der Waals surface area contributed by atoms with Crippen molar-refractivity contribution in [3.8, 4) is 0 Å². The first-order chi connectivity index (χ1) is 8.08. The lowest BCUT2D eigenvalue weighted by Crippen LogP contribution is -2.06. The van der Waals surface area contributed by atoms with E-state index in [0.29, 0.717) is 5.92 Å². The molecule has 2 nitrogen and oxygen atoms in total. The molecule has 0 amide bonds. The van der Waals surface area contributed by atoms with E-state index in [1.54, 1.807) is 0 Å². The summed E-state index contributed by atoms with van der Waals surface area (Å²) in [6.07, 6.45) is 3.95. The molecular formula is C15H20N2. The topological polar surface area (TPSA) is 17.8 Å². The Morgan fingerprint density at radius 2 is 1.94 bits per heavy atom. The molecule has 2 heteroatoms. The van der Waals surface area contributed by atoms with Gasteiger partial charge in [-0.25, -0.2) is 4.98 Å². The van der Waals surface area contributed by atoms with Gasteiger partial charge in [-0.2, -0.15) is 0 Å². The van der Waals surface area contributed by atoms with E-state index >= 15 is 0 Å². The van der Waals surface area contributed by atoms with E-state index in [-0.39, 0.29) is 0 Å². The Kier molecular flexibility index (Phi) is 3.32. The quantitative estimate of drug-likeness (QED) is 0.783. The molecule has 0 saturated carbocycles. The molecule has 1 aromatic heterocycles. The van der Waals surface area contributed by atoms with Crippen molar-refractivity contribution in [3.05, 3.63) is 53.1 Å². The third-order valence-corrected chi connectivity index (χ3v) is 3.19. The number of aryl methyl sites for hydroxylation is 2. The molecule has 0 aliphatic rings. The molecular weight excluding hydrogens is 208 g/mol. The maximum Gasteiger partial charge on any atom is 0.111 e. The van der Waals surface area contributed by atoms with Crippen LogP contribution >= 0.6 is 0 Å². The SMILES string of the molecule is Cc1ccc(Cn2ccnc2C(C)C)cc1C. The Balaban J connectivity index is 2.25. The van der Waals surface area contributed by atoms with Crippen LogP contribution in [-0.4, -0.2) is 9.55 Å². The zero-order valence-electron chi connectivity index (χ0n) is 11.1. The number of benzene rings is 1. The summed E-state index contributed by atoms with van der Waals surface area (Å²) in [5.41, 5.74) is 4.05. The van der Waals surface area contributed by atoms with Crippen LogP contribution in [0.25, 0.3) is 0 Å². The van der Waals surface area contributed by atoms with Crippen molar-refractivity contribution in [2.24, 2.45) is 0 Å². The van der Waals surface area contributed by atoms with Gasteiger partial charge in [0.1, 0.15) is 5.82 Å². The third-order valence-electron chi connectivity index (χ3n) is 3.19. The molecule has 0 atom stereocenters. The van der Waals surface area contributed by atoms with Gasteiger partial charge in [0.05, 0.1) is 0 Å². The fraction of sp³-hybridized carbons (Fsp3) is 0.400. The van der Waals surface area contributed by atoms with Gasteiger partial charge in [-0.1, -0.05) is 32.0 Å². The van der Waals surface area contributed by atoms with Gasteiger partial charge in [0.15, 0.2) is 0 Å². The predicted molar refractivity (Wildman–Crippen MR) is 71.3 cm³/mol. The Labute approximate surface area is 103 Å². The molecule has 0 N–H and O–H groups in total. The Morgan fingerprint density at radius 1 is 1.18 bits per heavy atom. The van der Waals surface area contributed by atoms with E-state index in [0.717, 1.165) is 12.4 Å². The van der Waals surface area contributed by atoms with Crippen molar-refractivity contribution in [3.63, 3.8) is 0 Å². The molecule has 1 aromatic carbocycles. The summed E-state index contributed by atoms with van der Waals surface area (Å²) in [5, 5.41) is 0. The van der Waals surface area contributed by atoms with Crippen molar-refractivity contribution < 1.29 is 0 Å². The van der Waals surface area contributed by atoms with E-state index in [2.05, 4.69) is 61.6 Å². The first-order valence-corrected chi connectivity index (χ1v) is 6.15. The Morgan fingerprint density at radius 3 is 2.59 bits per heavy atom. The first kappa shape index (κ1) is 11.9. The van der Waals surface area contributed by atoms with Gasteiger partial charge in [0.25, 0.3) is 0 Å². The summed E-state index contributed by atoms with van der Waals surface area (Å²) < 4.78 is 2.23. The summed E-state index contributed by atoms with van der Waals surface area (Å²) in [5.74, 6) is 1.62. The average molecular weight is 228 g/mol. The highest BCUT2D eigenvalue weighted by molar-refractivity contribution is 5.30. The summed E-state index contributed by atoms with van der Waals surface area (Å²) >= 11 is 0. The number of imidazole rings is 1. The van der Waals surface area contributed by atoms with E-state index in [1.807, 2.05) is 6.20 Å². The normalized spacial score (nSPS) is 11.1. The lowest BCUT2D eigenvalue weighted by atomic mass is 10.1. The van der Waals surface area contributed by atoms with Gasteiger partial charge in [-0.15, -0.1) is 0 Å². The van der Waals surface area contributed by atoms with Crippen LogP contribution in [0.1, 0.15) is 42.3 Å². The smallest absolute Gasteiger partial charge is 0.111 e.